The highest BCUT2D eigenvalue weighted by Crippen LogP contribution is 2.40. The Hall–Kier alpha value is -3.94. The maximum Gasteiger partial charge on any atom is 0.213 e. The number of rotatable bonds is 7. The average Bonchev–Trinajstić information content (AvgIpc) is 2.91. The smallest absolute Gasteiger partial charge is 0.213 e. The molecular weight excluding hydrogens is 435 g/mol. The van der Waals surface area contributed by atoms with Crippen LogP contribution in [0.3, 0.4) is 0 Å². The van der Waals surface area contributed by atoms with Crippen LogP contribution >= 0.6 is 7.92 Å². The van der Waals surface area contributed by atoms with Gasteiger partial charge in [0.25, 0.3) is 0 Å². The summed E-state index contributed by atoms with van der Waals surface area (Å²) in [5, 5.41) is 9.89. The minimum absolute atomic E-state index is 0.810. The molecule has 4 heteroatoms. The summed E-state index contributed by atoms with van der Waals surface area (Å²) in [5.74, 6) is 0. The first kappa shape index (κ1) is 21.9. The van der Waals surface area contributed by atoms with Crippen LogP contribution in [0.1, 0.15) is 0 Å². The summed E-state index contributed by atoms with van der Waals surface area (Å²) in [5.41, 5.74) is 2.80. The van der Waals surface area contributed by atoms with Gasteiger partial charge in [-0.1, -0.05) is 109 Å². The first-order valence-corrected chi connectivity index (χ1v) is 12.6. The molecular formula is C30H25N2OP. The molecule has 0 saturated carbocycles. The number of anilines is 3. The van der Waals surface area contributed by atoms with Crippen LogP contribution in [0.2, 0.25) is 0 Å². The molecule has 0 heterocycles. The molecule has 0 saturated heterocycles. The Morgan fingerprint density at radius 3 is 1.94 bits per heavy atom. The van der Waals surface area contributed by atoms with Crippen molar-refractivity contribution < 1.29 is 4.79 Å². The molecule has 0 bridgehead atoms. The monoisotopic (exact) mass is 460 g/mol. The molecule has 0 aliphatic carbocycles. The number of amides is 1. The van der Waals surface area contributed by atoms with Crippen LogP contribution in [0.5, 0.6) is 0 Å². The molecule has 5 aromatic carbocycles. The zero-order chi connectivity index (χ0) is 23.3. The molecule has 1 amide bonds. The highest BCUT2D eigenvalue weighted by molar-refractivity contribution is 7.80. The number of fused-ring (bicyclic) bond motifs is 1. The lowest BCUT2D eigenvalue weighted by Gasteiger charge is -2.25. The molecule has 0 radical (unpaired) electrons. The van der Waals surface area contributed by atoms with Crippen LogP contribution in [0.4, 0.5) is 17.1 Å². The Morgan fingerprint density at radius 2 is 1.26 bits per heavy atom. The highest BCUT2D eigenvalue weighted by Gasteiger charge is 2.22. The molecule has 0 atom stereocenters. The van der Waals surface area contributed by atoms with E-state index in [-0.39, 0.29) is 0 Å². The van der Waals surface area contributed by atoms with Gasteiger partial charge in [-0.25, -0.2) is 0 Å². The van der Waals surface area contributed by atoms with Crippen molar-refractivity contribution in [1.82, 2.24) is 0 Å². The zero-order valence-electron chi connectivity index (χ0n) is 18.9. The molecule has 1 N–H and O–H groups in total. The van der Waals surface area contributed by atoms with Gasteiger partial charge in [0.15, 0.2) is 0 Å². The van der Waals surface area contributed by atoms with E-state index in [2.05, 4.69) is 102 Å². The molecule has 34 heavy (non-hydrogen) atoms. The van der Waals surface area contributed by atoms with E-state index in [1.165, 1.54) is 21.3 Å². The van der Waals surface area contributed by atoms with Gasteiger partial charge < -0.3 is 10.2 Å². The molecule has 3 nitrogen and oxygen atoms in total. The number of carbonyl (C=O) groups excluding carboxylic acids is 1. The average molecular weight is 461 g/mol. The van der Waals surface area contributed by atoms with E-state index >= 15 is 0 Å². The van der Waals surface area contributed by atoms with Crippen LogP contribution in [-0.2, 0) is 4.79 Å². The number of benzene rings is 5. The lowest BCUT2D eigenvalue weighted by molar-refractivity contribution is -0.107. The van der Waals surface area contributed by atoms with Gasteiger partial charge in [0.1, 0.15) is 0 Å². The van der Waals surface area contributed by atoms with E-state index in [0.29, 0.717) is 0 Å². The van der Waals surface area contributed by atoms with Crippen LogP contribution in [0, 0.1) is 0 Å². The number of hydrogen-bond acceptors (Lipinski definition) is 2. The van der Waals surface area contributed by atoms with Gasteiger partial charge in [0.05, 0.1) is 17.1 Å². The topological polar surface area (TPSA) is 32.3 Å². The van der Waals surface area contributed by atoms with Gasteiger partial charge in [-0.3, -0.25) is 4.79 Å². The minimum atomic E-state index is -0.810. The van der Waals surface area contributed by atoms with Crippen LogP contribution in [0.25, 0.3) is 10.8 Å². The number of nitrogens with zero attached hydrogens (tertiary/aromatic N) is 1. The van der Waals surface area contributed by atoms with Crippen molar-refractivity contribution in [2.75, 3.05) is 17.3 Å². The van der Waals surface area contributed by atoms with Crippen LogP contribution < -0.4 is 26.1 Å². The van der Waals surface area contributed by atoms with E-state index < -0.39 is 7.92 Å². The molecule has 0 unspecified atom stereocenters. The predicted octanol–water partition coefficient (Wildman–Crippen LogP) is 5.93. The fraction of sp³-hybridized carbons (Fsp3) is 0.0333. The van der Waals surface area contributed by atoms with E-state index in [4.69, 9.17) is 0 Å². The number of nitrogens with one attached hydrogen (secondary N) is 1. The predicted molar refractivity (Wildman–Crippen MR) is 147 cm³/mol. The van der Waals surface area contributed by atoms with Gasteiger partial charge >= 0.3 is 0 Å². The van der Waals surface area contributed by atoms with Crippen molar-refractivity contribution in [1.29, 1.82) is 0 Å². The van der Waals surface area contributed by atoms with Gasteiger partial charge in [-0.05, 0) is 36.0 Å². The number of carbonyl (C=O) groups is 1. The fourth-order valence-electron chi connectivity index (χ4n) is 4.24. The summed E-state index contributed by atoms with van der Waals surface area (Å²) in [7, 11) is 0.966. The normalized spacial score (nSPS) is 10.9. The third-order valence-corrected chi connectivity index (χ3v) is 8.36. The van der Waals surface area contributed by atoms with Crippen molar-refractivity contribution in [2.24, 2.45) is 0 Å². The molecule has 0 aromatic heterocycles. The van der Waals surface area contributed by atoms with Crippen molar-refractivity contribution in [3.63, 3.8) is 0 Å². The van der Waals surface area contributed by atoms with Gasteiger partial charge in [-0.15, -0.1) is 0 Å². The lowest BCUT2D eigenvalue weighted by Crippen LogP contribution is -2.23. The lowest BCUT2D eigenvalue weighted by atomic mass is 10.1. The summed E-state index contributed by atoms with van der Waals surface area (Å²) in [4.78, 5) is 13.2. The van der Waals surface area contributed by atoms with Crippen molar-refractivity contribution in [2.45, 2.75) is 0 Å². The van der Waals surface area contributed by atoms with Crippen molar-refractivity contribution in [3.8, 4) is 0 Å². The summed E-state index contributed by atoms with van der Waals surface area (Å²) >= 11 is 0. The molecule has 166 valence electrons. The molecule has 5 rings (SSSR count). The molecule has 0 spiro atoms. The fourth-order valence-corrected chi connectivity index (χ4v) is 6.66. The molecule has 5 aromatic rings. The quantitative estimate of drug-likeness (QED) is 0.241. The van der Waals surface area contributed by atoms with Crippen molar-refractivity contribution >= 4 is 58.1 Å². The maximum absolute atomic E-state index is 11.6. The third-order valence-electron chi connectivity index (χ3n) is 5.88. The second kappa shape index (κ2) is 9.91. The second-order valence-corrected chi connectivity index (χ2v) is 10.2. The first-order valence-electron chi connectivity index (χ1n) is 11.2. The molecule has 0 fully saturated rings. The van der Waals surface area contributed by atoms with Gasteiger partial charge in [0, 0.05) is 17.7 Å². The van der Waals surface area contributed by atoms with Crippen LogP contribution in [0.15, 0.2) is 121 Å². The first-order chi connectivity index (χ1) is 16.8. The minimum Gasteiger partial charge on any atom is -0.353 e. The Morgan fingerprint density at radius 1 is 0.676 bits per heavy atom. The zero-order valence-corrected chi connectivity index (χ0v) is 19.8. The van der Waals surface area contributed by atoms with E-state index in [0.717, 1.165) is 28.9 Å². The van der Waals surface area contributed by atoms with E-state index in [9.17, 15) is 4.79 Å². The summed E-state index contributed by atoms with van der Waals surface area (Å²) < 4.78 is 0. The summed E-state index contributed by atoms with van der Waals surface area (Å²) in [6.45, 7) is 0. The molecule has 0 aliphatic rings. The maximum atomic E-state index is 11.6. The third kappa shape index (κ3) is 4.31. The van der Waals surface area contributed by atoms with Crippen molar-refractivity contribution in [3.05, 3.63) is 121 Å². The SMILES string of the molecule is CN(C=O)c1ccccc1Nc1c(P(c2ccccc2)c2ccccc2)ccc2ccccc12. The summed E-state index contributed by atoms with van der Waals surface area (Å²) in [6, 6.07) is 42.2. The Labute approximate surface area is 201 Å². The van der Waals surface area contributed by atoms with E-state index in [1.54, 1.807) is 11.9 Å². The standard InChI is InChI=1S/C30H25N2OP/c1-32(22-33)28-19-11-10-18-27(28)31-30-26-17-9-8-12-23(26)20-21-29(30)34(24-13-4-2-5-14-24)25-15-6-3-7-16-25/h2-22,31H,1H3. The summed E-state index contributed by atoms with van der Waals surface area (Å²) in [6.07, 6.45) is 0.839. The highest BCUT2D eigenvalue weighted by atomic mass is 31.1. The van der Waals surface area contributed by atoms with Gasteiger partial charge in [-0.2, -0.15) is 0 Å². The Balaban J connectivity index is 1.75. The van der Waals surface area contributed by atoms with E-state index in [1.807, 2.05) is 24.3 Å². The second-order valence-electron chi connectivity index (χ2n) is 8.05. The Kier molecular flexibility index (Phi) is 6.38. The largest absolute Gasteiger partial charge is 0.353 e. The number of para-hydroxylation sites is 2. The Bertz CT molecular complexity index is 1380. The molecule has 0 aliphatic heterocycles. The number of hydrogen-bond donors (Lipinski definition) is 1. The van der Waals surface area contributed by atoms with Crippen LogP contribution in [-0.4, -0.2) is 13.5 Å². The van der Waals surface area contributed by atoms with Gasteiger partial charge in [0.2, 0.25) is 6.41 Å².